The largest absolute Gasteiger partial charge is 0.508 e. The highest BCUT2D eigenvalue weighted by Crippen LogP contribution is 2.41. The van der Waals surface area contributed by atoms with Crippen LogP contribution in [0.5, 0.6) is 5.75 Å². The Morgan fingerprint density at radius 1 is 1.13 bits per heavy atom. The lowest BCUT2D eigenvalue weighted by atomic mass is 9.95. The molecule has 1 unspecified atom stereocenters. The van der Waals surface area contributed by atoms with Crippen LogP contribution in [-0.4, -0.2) is 26.8 Å². The second-order valence-electron chi connectivity index (χ2n) is 7.07. The van der Waals surface area contributed by atoms with Crippen molar-refractivity contribution >= 4 is 17.4 Å². The van der Waals surface area contributed by atoms with Gasteiger partial charge in [0, 0.05) is 5.56 Å². The molecule has 1 saturated heterocycles. The minimum atomic E-state index is -0.980. The average Bonchev–Trinajstić information content (AvgIpc) is 3.32. The van der Waals surface area contributed by atoms with Gasteiger partial charge in [-0.1, -0.05) is 24.3 Å². The quantitative estimate of drug-likeness (QED) is 0.387. The smallest absolute Gasteiger partial charge is 0.296 e. The van der Waals surface area contributed by atoms with Crippen LogP contribution >= 0.6 is 0 Å². The molecule has 2 aromatic carbocycles. The van der Waals surface area contributed by atoms with Gasteiger partial charge in [-0.15, -0.1) is 0 Å². The van der Waals surface area contributed by atoms with Crippen molar-refractivity contribution in [3.63, 3.8) is 0 Å². The van der Waals surface area contributed by atoms with Gasteiger partial charge in [-0.25, -0.2) is 4.39 Å². The van der Waals surface area contributed by atoms with Gasteiger partial charge in [0.1, 0.15) is 23.1 Å². The Labute approximate surface area is 171 Å². The first kappa shape index (κ1) is 19.4. The highest BCUT2D eigenvalue weighted by atomic mass is 19.1. The van der Waals surface area contributed by atoms with Crippen LogP contribution < -0.4 is 0 Å². The van der Waals surface area contributed by atoms with Crippen molar-refractivity contribution in [3.05, 3.63) is 94.7 Å². The number of halogens is 1. The Morgan fingerprint density at radius 2 is 1.93 bits per heavy atom. The topological polar surface area (TPSA) is 91.0 Å². The van der Waals surface area contributed by atoms with Crippen molar-refractivity contribution in [2.24, 2.45) is 0 Å². The molecule has 30 heavy (non-hydrogen) atoms. The number of phenolic OH excluding ortho intramolecular Hbond substituents is 1. The fraction of sp³-hybridized carbons (Fsp3) is 0.130. The highest BCUT2D eigenvalue weighted by molar-refractivity contribution is 6.46. The van der Waals surface area contributed by atoms with Crippen LogP contribution in [0.15, 0.2) is 70.9 Å². The lowest BCUT2D eigenvalue weighted by Gasteiger charge is -2.24. The number of likely N-dealkylation sites (tertiary alicyclic amines) is 1. The molecule has 1 aromatic heterocycles. The van der Waals surface area contributed by atoms with E-state index in [4.69, 9.17) is 4.42 Å². The summed E-state index contributed by atoms with van der Waals surface area (Å²) < 4.78 is 19.4. The van der Waals surface area contributed by atoms with Crippen molar-refractivity contribution in [3.8, 4) is 5.75 Å². The number of aryl methyl sites for hydroxylation is 1. The monoisotopic (exact) mass is 407 g/mol. The number of aromatic hydroxyl groups is 1. The van der Waals surface area contributed by atoms with Crippen molar-refractivity contribution in [2.75, 3.05) is 0 Å². The third kappa shape index (κ3) is 3.34. The van der Waals surface area contributed by atoms with Gasteiger partial charge < -0.3 is 19.5 Å². The third-order valence-electron chi connectivity index (χ3n) is 5.08. The first-order chi connectivity index (χ1) is 14.4. The van der Waals surface area contributed by atoms with E-state index in [0.29, 0.717) is 16.9 Å². The second kappa shape index (κ2) is 7.51. The van der Waals surface area contributed by atoms with E-state index >= 15 is 0 Å². The molecule has 0 radical (unpaired) electrons. The molecule has 152 valence electrons. The van der Waals surface area contributed by atoms with Crippen LogP contribution in [0.4, 0.5) is 4.39 Å². The summed E-state index contributed by atoms with van der Waals surface area (Å²) >= 11 is 0. The maximum atomic E-state index is 14.1. The number of ketones is 1. The van der Waals surface area contributed by atoms with E-state index < -0.39 is 29.3 Å². The van der Waals surface area contributed by atoms with E-state index in [1.165, 1.54) is 35.4 Å². The summed E-state index contributed by atoms with van der Waals surface area (Å²) in [6, 6.07) is 12.5. The van der Waals surface area contributed by atoms with E-state index in [9.17, 15) is 24.2 Å². The molecular formula is C23H18FNO5. The maximum absolute atomic E-state index is 14.1. The number of hydrogen-bond acceptors (Lipinski definition) is 5. The lowest BCUT2D eigenvalue weighted by Crippen LogP contribution is -2.29. The Hall–Kier alpha value is -3.87. The molecule has 2 heterocycles. The van der Waals surface area contributed by atoms with Crippen molar-refractivity contribution < 1.29 is 28.6 Å². The summed E-state index contributed by atoms with van der Waals surface area (Å²) in [7, 11) is 0. The Bertz CT molecular complexity index is 1170. The predicted molar refractivity (Wildman–Crippen MR) is 106 cm³/mol. The molecule has 7 heteroatoms. The fourth-order valence-corrected chi connectivity index (χ4v) is 3.55. The first-order valence-electron chi connectivity index (χ1n) is 9.23. The molecule has 0 spiro atoms. The summed E-state index contributed by atoms with van der Waals surface area (Å²) in [5, 5.41) is 20.8. The number of carbonyl (C=O) groups excluding carboxylic acids is 2. The number of benzene rings is 2. The third-order valence-corrected chi connectivity index (χ3v) is 5.08. The number of aliphatic hydroxyl groups excluding tert-OH is 1. The van der Waals surface area contributed by atoms with Gasteiger partial charge in [0.2, 0.25) is 0 Å². The van der Waals surface area contributed by atoms with Crippen LogP contribution in [-0.2, 0) is 16.1 Å². The summed E-state index contributed by atoms with van der Waals surface area (Å²) in [5.41, 5.74) is 0.712. The molecule has 2 N–H and O–H groups in total. The SMILES string of the molecule is Cc1ccc(/C(O)=C2/C(=O)C(=O)N(Cc3ccco3)C2c2cccc(O)c2)cc1F. The van der Waals surface area contributed by atoms with Crippen molar-refractivity contribution in [2.45, 2.75) is 19.5 Å². The summed E-state index contributed by atoms with van der Waals surface area (Å²) in [6.45, 7) is 1.56. The van der Waals surface area contributed by atoms with Crippen LogP contribution in [0.3, 0.4) is 0 Å². The molecule has 4 rings (SSSR count). The number of nitrogens with zero attached hydrogens (tertiary/aromatic N) is 1. The normalized spacial score (nSPS) is 18.2. The number of carbonyl (C=O) groups is 2. The van der Waals surface area contributed by atoms with Crippen LogP contribution in [0.1, 0.15) is 28.5 Å². The summed E-state index contributed by atoms with van der Waals surface area (Å²) in [6.07, 6.45) is 1.45. The Morgan fingerprint density at radius 3 is 2.60 bits per heavy atom. The van der Waals surface area contributed by atoms with E-state index in [-0.39, 0.29) is 23.4 Å². The van der Waals surface area contributed by atoms with Gasteiger partial charge >= 0.3 is 0 Å². The van der Waals surface area contributed by atoms with Gasteiger partial charge in [0.15, 0.2) is 0 Å². The molecule has 1 fully saturated rings. The lowest BCUT2D eigenvalue weighted by molar-refractivity contribution is -0.140. The Balaban J connectivity index is 1.89. The van der Waals surface area contributed by atoms with Crippen molar-refractivity contribution in [1.82, 2.24) is 4.90 Å². The van der Waals surface area contributed by atoms with Crippen LogP contribution in [0, 0.1) is 12.7 Å². The van der Waals surface area contributed by atoms with Gasteiger partial charge in [-0.05, 0) is 48.4 Å². The fourth-order valence-electron chi connectivity index (χ4n) is 3.55. The van der Waals surface area contributed by atoms with E-state index in [1.54, 1.807) is 31.2 Å². The van der Waals surface area contributed by atoms with Gasteiger partial charge in [-0.2, -0.15) is 0 Å². The summed E-state index contributed by atoms with van der Waals surface area (Å²) in [4.78, 5) is 27.0. The van der Waals surface area contributed by atoms with Crippen molar-refractivity contribution in [1.29, 1.82) is 0 Å². The van der Waals surface area contributed by atoms with Crippen LogP contribution in [0.2, 0.25) is 0 Å². The van der Waals surface area contributed by atoms with Gasteiger partial charge in [0.05, 0.1) is 24.4 Å². The standard InChI is InChI=1S/C23H18FNO5/c1-13-7-8-15(11-18(13)24)21(27)19-20(14-4-2-5-16(26)10-14)25(23(29)22(19)28)12-17-6-3-9-30-17/h2-11,20,26-27H,12H2,1H3/b21-19-. The molecule has 0 aliphatic carbocycles. The number of furan rings is 1. The van der Waals surface area contributed by atoms with Crippen LogP contribution in [0.25, 0.3) is 5.76 Å². The molecule has 0 saturated carbocycles. The van der Waals surface area contributed by atoms with Gasteiger partial charge in [-0.3, -0.25) is 9.59 Å². The van der Waals surface area contributed by atoms with Gasteiger partial charge in [0.25, 0.3) is 11.7 Å². The molecule has 1 aliphatic rings. The number of hydrogen-bond donors (Lipinski definition) is 2. The zero-order valence-corrected chi connectivity index (χ0v) is 16.0. The average molecular weight is 407 g/mol. The van der Waals surface area contributed by atoms with E-state index in [1.807, 2.05) is 0 Å². The molecular weight excluding hydrogens is 389 g/mol. The van der Waals surface area contributed by atoms with E-state index in [0.717, 1.165) is 6.07 Å². The number of Topliss-reactive ketones (excluding diaryl/α,β-unsaturated/α-hetero) is 1. The minimum Gasteiger partial charge on any atom is -0.508 e. The zero-order chi connectivity index (χ0) is 21.4. The maximum Gasteiger partial charge on any atom is 0.296 e. The molecule has 3 aromatic rings. The number of amides is 1. The predicted octanol–water partition coefficient (Wildman–Crippen LogP) is 4.05. The minimum absolute atomic E-state index is 0.0169. The molecule has 1 amide bonds. The zero-order valence-electron chi connectivity index (χ0n) is 16.0. The number of aliphatic hydroxyl groups is 1. The van der Waals surface area contributed by atoms with E-state index in [2.05, 4.69) is 0 Å². The summed E-state index contributed by atoms with van der Waals surface area (Å²) in [5.74, 6) is -2.36. The highest BCUT2D eigenvalue weighted by Gasteiger charge is 2.46. The second-order valence-corrected chi connectivity index (χ2v) is 7.07. The molecule has 1 aliphatic heterocycles. The molecule has 0 bridgehead atoms. The molecule has 1 atom stereocenters. The number of rotatable bonds is 4. The first-order valence-corrected chi connectivity index (χ1v) is 9.23. The molecule has 6 nitrogen and oxygen atoms in total. The number of phenols is 1. The Kier molecular flexibility index (Phi) is 4.87.